The Kier molecular flexibility index (Phi) is 8.37. The third-order valence-electron chi connectivity index (χ3n) is 7.95. The maximum atomic E-state index is 13.5. The summed E-state index contributed by atoms with van der Waals surface area (Å²) in [4.78, 5) is 0. The molecule has 6 nitrogen and oxygen atoms in total. The third-order valence-corrected chi connectivity index (χ3v) is 7.95. The Morgan fingerprint density at radius 3 is 1.02 bits per heavy atom. The molecule has 0 N–H and O–H groups in total. The molecular weight excluding hydrogens is 526 g/mol. The zero-order valence-electron chi connectivity index (χ0n) is 25.7. The van der Waals surface area contributed by atoms with E-state index in [1.165, 1.54) is 0 Å². The Morgan fingerprint density at radius 2 is 0.762 bits per heavy atom. The van der Waals surface area contributed by atoms with Crippen molar-refractivity contribution in [3.8, 4) is 23.0 Å². The molecule has 0 amide bonds. The normalized spacial score (nSPS) is 12.9. The Balaban J connectivity index is 1.80. The van der Waals surface area contributed by atoms with Gasteiger partial charge in [0.15, 0.2) is 0 Å². The van der Waals surface area contributed by atoms with Gasteiger partial charge in [0.1, 0.15) is 23.0 Å². The fraction of sp³-hybridized carbons (Fsp3) is 0.333. The van der Waals surface area contributed by atoms with Crippen LogP contribution in [0.4, 0.5) is 5.69 Å². The standard InChI is InChI=1S/C36H40NO5/c1-36(2,3)37(38)31-21-29-19-27-15-9-13-25(33(27)40-5)17-23-11-8-12-24(32(23)39-4)18-26-14-10-16-28(34(26)41-6)20-30(22-31)35(29)42-7/h8-16,21-22H,17-20H2,1-7H3. The molecule has 0 saturated carbocycles. The van der Waals surface area contributed by atoms with E-state index >= 15 is 0 Å². The van der Waals surface area contributed by atoms with E-state index in [2.05, 4.69) is 54.6 Å². The number of methoxy groups -OCH3 is 4. The van der Waals surface area contributed by atoms with E-state index in [0.717, 1.165) is 72.6 Å². The van der Waals surface area contributed by atoms with E-state index in [9.17, 15) is 5.21 Å². The highest BCUT2D eigenvalue weighted by molar-refractivity contribution is 5.61. The lowest BCUT2D eigenvalue weighted by atomic mass is 9.91. The van der Waals surface area contributed by atoms with Gasteiger partial charge in [-0.15, -0.1) is 0 Å². The van der Waals surface area contributed by atoms with Crippen LogP contribution in [-0.4, -0.2) is 34.0 Å². The molecule has 0 fully saturated rings. The molecule has 0 unspecified atom stereocenters. The molecule has 1 aliphatic carbocycles. The third kappa shape index (κ3) is 5.64. The summed E-state index contributed by atoms with van der Waals surface area (Å²) >= 11 is 0. The Bertz CT molecular complexity index is 1490. The summed E-state index contributed by atoms with van der Waals surface area (Å²) in [5.74, 6) is 3.29. The Hall–Kier alpha value is -4.16. The summed E-state index contributed by atoms with van der Waals surface area (Å²) in [5.41, 5.74) is 8.17. The minimum Gasteiger partial charge on any atom is -0.496 e. The lowest BCUT2D eigenvalue weighted by Crippen LogP contribution is -2.37. The molecule has 0 heterocycles. The summed E-state index contributed by atoms with van der Waals surface area (Å²) in [6.07, 6.45) is 2.36. The summed E-state index contributed by atoms with van der Waals surface area (Å²) < 4.78 is 24.2. The second kappa shape index (κ2) is 12.0. The molecule has 5 rings (SSSR count). The van der Waals surface area contributed by atoms with Gasteiger partial charge in [0.25, 0.3) is 0 Å². The molecule has 0 aromatic heterocycles. The molecule has 0 saturated heterocycles. The van der Waals surface area contributed by atoms with Crippen molar-refractivity contribution in [1.82, 2.24) is 0 Å². The van der Waals surface area contributed by atoms with Crippen molar-refractivity contribution in [3.63, 3.8) is 0 Å². The lowest BCUT2D eigenvalue weighted by Gasteiger charge is -2.30. The van der Waals surface area contributed by atoms with Crippen LogP contribution in [0.25, 0.3) is 0 Å². The van der Waals surface area contributed by atoms with Crippen molar-refractivity contribution in [3.05, 3.63) is 111 Å². The van der Waals surface area contributed by atoms with Gasteiger partial charge in [-0.25, -0.2) is 5.06 Å². The highest BCUT2D eigenvalue weighted by Crippen LogP contribution is 2.40. The van der Waals surface area contributed by atoms with Crippen LogP contribution in [0.1, 0.15) is 65.3 Å². The molecular formula is C36H40NO5. The Labute approximate surface area is 249 Å². The van der Waals surface area contributed by atoms with Gasteiger partial charge in [-0.1, -0.05) is 59.8 Å². The van der Waals surface area contributed by atoms with Gasteiger partial charge < -0.3 is 18.9 Å². The van der Waals surface area contributed by atoms with Gasteiger partial charge in [0, 0.05) is 36.8 Å². The van der Waals surface area contributed by atoms with Crippen molar-refractivity contribution in [2.45, 2.75) is 52.0 Å². The van der Waals surface area contributed by atoms with Gasteiger partial charge in [-0.3, -0.25) is 0 Å². The van der Waals surface area contributed by atoms with E-state index in [1.54, 1.807) is 28.4 Å². The van der Waals surface area contributed by atoms with Crippen LogP contribution in [0.2, 0.25) is 0 Å². The van der Waals surface area contributed by atoms with Crippen LogP contribution in [0.15, 0.2) is 66.7 Å². The van der Waals surface area contributed by atoms with E-state index < -0.39 is 5.54 Å². The number of hydrogen-bond donors (Lipinski definition) is 0. The molecule has 1 aliphatic rings. The number of hydroxylamine groups is 1. The van der Waals surface area contributed by atoms with Crippen LogP contribution in [0, 0.1) is 0 Å². The monoisotopic (exact) mass is 566 g/mol. The minimum absolute atomic E-state index is 0.535. The molecule has 4 aromatic rings. The number of fused-ring (bicyclic) bond motifs is 8. The maximum Gasteiger partial charge on any atom is 0.126 e. The molecule has 8 bridgehead atoms. The molecule has 0 spiro atoms. The van der Waals surface area contributed by atoms with E-state index in [0.29, 0.717) is 31.4 Å². The quantitative estimate of drug-likeness (QED) is 0.208. The molecule has 1 radical (unpaired) electrons. The van der Waals surface area contributed by atoms with Crippen LogP contribution < -0.4 is 24.0 Å². The zero-order chi connectivity index (χ0) is 30.0. The first kappa shape index (κ1) is 29.3. The number of para-hydroxylation sites is 3. The van der Waals surface area contributed by atoms with Crippen molar-refractivity contribution >= 4 is 5.69 Å². The number of benzene rings is 4. The first-order valence-corrected chi connectivity index (χ1v) is 14.3. The fourth-order valence-electron chi connectivity index (χ4n) is 6.12. The molecule has 6 heteroatoms. The summed E-state index contributed by atoms with van der Waals surface area (Å²) in [6.45, 7) is 5.76. The molecule has 4 aromatic carbocycles. The SMILES string of the molecule is COc1c2cccc1Cc1cccc(c1OC)Cc1cc(N([O])C(C)(C)C)cc(c1OC)Cc1cccc(c1OC)C2. The van der Waals surface area contributed by atoms with Gasteiger partial charge in [-0.05, 0) is 66.3 Å². The van der Waals surface area contributed by atoms with Crippen molar-refractivity contribution in [2.75, 3.05) is 33.5 Å². The number of rotatable bonds is 5. The largest absolute Gasteiger partial charge is 0.496 e. The number of hydrogen-bond acceptors (Lipinski definition) is 5. The lowest BCUT2D eigenvalue weighted by molar-refractivity contribution is 0.102. The first-order valence-electron chi connectivity index (χ1n) is 14.3. The molecule has 219 valence electrons. The van der Waals surface area contributed by atoms with Gasteiger partial charge in [0.05, 0.1) is 39.7 Å². The zero-order valence-corrected chi connectivity index (χ0v) is 25.7. The van der Waals surface area contributed by atoms with Crippen LogP contribution in [0.3, 0.4) is 0 Å². The van der Waals surface area contributed by atoms with Crippen molar-refractivity contribution in [2.24, 2.45) is 0 Å². The minimum atomic E-state index is -0.610. The van der Waals surface area contributed by atoms with Crippen molar-refractivity contribution < 1.29 is 24.2 Å². The van der Waals surface area contributed by atoms with E-state index in [-0.39, 0.29) is 0 Å². The highest BCUT2D eigenvalue weighted by Gasteiger charge is 2.26. The number of nitrogens with zero attached hydrogens (tertiary/aromatic N) is 1. The molecule has 0 atom stereocenters. The van der Waals surface area contributed by atoms with Gasteiger partial charge in [-0.2, -0.15) is 0 Å². The average Bonchev–Trinajstić information content (AvgIpc) is 2.96. The van der Waals surface area contributed by atoms with Crippen LogP contribution in [0.5, 0.6) is 23.0 Å². The highest BCUT2D eigenvalue weighted by atomic mass is 16.5. The molecule has 0 aliphatic heterocycles. The maximum absolute atomic E-state index is 13.5. The topological polar surface area (TPSA) is 60.1 Å². The van der Waals surface area contributed by atoms with Gasteiger partial charge >= 0.3 is 0 Å². The number of anilines is 1. The summed E-state index contributed by atoms with van der Waals surface area (Å²) in [6, 6.07) is 22.7. The smallest absolute Gasteiger partial charge is 0.126 e. The predicted molar refractivity (Wildman–Crippen MR) is 166 cm³/mol. The van der Waals surface area contributed by atoms with E-state index in [1.807, 2.05) is 32.9 Å². The van der Waals surface area contributed by atoms with Crippen molar-refractivity contribution in [1.29, 1.82) is 0 Å². The average molecular weight is 567 g/mol. The summed E-state index contributed by atoms with van der Waals surface area (Å²) in [5, 5.41) is 14.6. The Morgan fingerprint density at radius 1 is 0.500 bits per heavy atom. The summed E-state index contributed by atoms with van der Waals surface area (Å²) in [7, 11) is 6.85. The fourth-order valence-corrected chi connectivity index (χ4v) is 6.12. The number of ether oxygens (including phenoxy) is 4. The second-order valence-electron chi connectivity index (χ2n) is 11.8. The van der Waals surface area contributed by atoms with Crippen LogP contribution in [-0.2, 0) is 30.9 Å². The van der Waals surface area contributed by atoms with E-state index in [4.69, 9.17) is 18.9 Å². The first-order chi connectivity index (χ1) is 20.2. The second-order valence-corrected chi connectivity index (χ2v) is 11.8. The predicted octanol–water partition coefficient (Wildman–Crippen LogP) is 7.35. The van der Waals surface area contributed by atoms with Crippen LogP contribution >= 0.6 is 0 Å². The van der Waals surface area contributed by atoms with Gasteiger partial charge in [0.2, 0.25) is 0 Å². The molecule has 42 heavy (non-hydrogen) atoms.